The van der Waals surface area contributed by atoms with Crippen LogP contribution in [0.4, 0.5) is 0 Å². The minimum atomic E-state index is -1.98. The third kappa shape index (κ3) is 10.2. The number of fused-ring (bicyclic) bond motifs is 1. The molecular formula is C39H40O22. The molecule has 61 heavy (non-hydrogen) atoms. The van der Waals surface area contributed by atoms with Crippen molar-refractivity contribution in [2.45, 2.75) is 73.9 Å². The van der Waals surface area contributed by atoms with Gasteiger partial charge in [-0.2, -0.15) is 0 Å². The lowest BCUT2D eigenvalue weighted by Gasteiger charge is -2.41. The maximum atomic E-state index is 12.5. The number of esters is 2. The molecule has 11 unspecified atom stereocenters. The normalized spacial score (nSPS) is 28.5. The zero-order valence-corrected chi connectivity index (χ0v) is 31.3. The van der Waals surface area contributed by atoms with Gasteiger partial charge in [0.05, 0.1) is 5.56 Å². The Balaban J connectivity index is 1.26. The van der Waals surface area contributed by atoms with Crippen molar-refractivity contribution in [2.24, 2.45) is 0 Å². The molecule has 328 valence electrons. The molecule has 0 bridgehead atoms. The number of aliphatic hydroxyl groups excluding tert-OH is 6. The van der Waals surface area contributed by atoms with Crippen LogP contribution < -0.4 is 9.47 Å². The molecule has 2 saturated heterocycles. The van der Waals surface area contributed by atoms with E-state index in [1.165, 1.54) is 36.4 Å². The zero-order chi connectivity index (χ0) is 44.3. The minimum absolute atomic E-state index is 0.0713. The molecule has 0 aromatic heterocycles. The van der Waals surface area contributed by atoms with Gasteiger partial charge in [-0.1, -0.05) is 12.1 Å². The Hall–Kier alpha value is -6.37. The summed E-state index contributed by atoms with van der Waals surface area (Å²) in [5, 5.41) is 123. The number of hydrogen-bond donors (Lipinski definition) is 12. The second kappa shape index (κ2) is 18.5. The number of ether oxygens (including phenoxy) is 7. The number of carboxylic acids is 1. The first-order chi connectivity index (χ1) is 28.9. The molecule has 0 saturated carbocycles. The van der Waals surface area contributed by atoms with E-state index in [4.69, 9.17) is 38.3 Å². The Morgan fingerprint density at radius 1 is 0.656 bits per heavy atom. The fourth-order valence-corrected chi connectivity index (χ4v) is 6.29. The molecule has 3 aromatic carbocycles. The van der Waals surface area contributed by atoms with E-state index in [1.807, 2.05) is 0 Å². The van der Waals surface area contributed by atoms with Gasteiger partial charge in [-0.3, -0.25) is 9.59 Å². The van der Waals surface area contributed by atoms with Crippen LogP contribution in [-0.4, -0.2) is 154 Å². The third-order valence-corrected chi connectivity index (χ3v) is 9.52. The maximum Gasteiger partial charge on any atom is 0.330 e. The minimum Gasteiger partial charge on any atom is -0.508 e. The number of rotatable bonds is 13. The molecule has 0 radical (unpaired) electrons. The SMILES string of the molecule is O=C(O)CC(=O)OCC1OC(Oc2cc(O)cc3c2C=C(OC2OC(COC(=O)C=Cc4ccc(O)c(O)c4)C(O)C(O)C2O)C(c2ccc(O)c(O)c2)O3)C(O)C(O)C1O. The van der Waals surface area contributed by atoms with Gasteiger partial charge in [-0.05, 0) is 42.0 Å². The Morgan fingerprint density at radius 2 is 1.25 bits per heavy atom. The number of aliphatic carboxylic acids is 1. The predicted octanol–water partition coefficient (Wildman–Crippen LogP) is -1.03. The fraction of sp³-hybridized carbons (Fsp3) is 0.359. The number of carbonyl (C=O) groups is 3. The second-order valence-corrected chi connectivity index (χ2v) is 13.9. The highest BCUT2D eigenvalue weighted by Gasteiger charge is 2.48. The van der Waals surface area contributed by atoms with Gasteiger partial charge in [-0.25, -0.2) is 4.79 Å². The first-order valence-electron chi connectivity index (χ1n) is 18.1. The van der Waals surface area contributed by atoms with Crippen LogP contribution in [0.2, 0.25) is 0 Å². The Morgan fingerprint density at radius 3 is 1.85 bits per heavy atom. The molecule has 22 heteroatoms. The van der Waals surface area contributed by atoms with E-state index in [1.54, 1.807) is 0 Å². The van der Waals surface area contributed by atoms with Gasteiger partial charge < -0.3 is 94.4 Å². The summed E-state index contributed by atoms with van der Waals surface area (Å²) in [5.41, 5.74) is 0.350. The van der Waals surface area contributed by atoms with Crippen molar-refractivity contribution in [1.29, 1.82) is 0 Å². The highest BCUT2D eigenvalue weighted by Crippen LogP contribution is 2.46. The summed E-state index contributed by atoms with van der Waals surface area (Å²) in [6.45, 7) is -1.46. The molecule has 0 spiro atoms. The van der Waals surface area contributed by atoms with Crippen LogP contribution in [-0.2, 0) is 38.1 Å². The topological polar surface area (TPSA) is 359 Å². The molecule has 3 aliphatic heterocycles. The standard InChI is InChI=1S/C39H40O22/c40-17-9-23-18(24(10-17)58-38-35(53)33(51)32(50)27(60-38)14-56-30(48)12-28(45)46)11-25(37(57-23)16-3-5-20(42)22(44)8-16)59-39-36(54)34(52)31(49)26(61-39)13-55-29(47)6-2-15-1-4-19(41)21(43)7-15/h1-11,26-27,31-44,49-54H,12-14H2,(H,45,46). The predicted molar refractivity (Wildman–Crippen MR) is 197 cm³/mol. The average molecular weight is 861 g/mol. The van der Waals surface area contributed by atoms with Crippen molar-refractivity contribution in [3.63, 3.8) is 0 Å². The van der Waals surface area contributed by atoms with Crippen LogP contribution >= 0.6 is 0 Å². The Kier molecular flexibility index (Phi) is 13.4. The van der Waals surface area contributed by atoms with Gasteiger partial charge in [0, 0.05) is 23.8 Å². The summed E-state index contributed by atoms with van der Waals surface area (Å²) in [7, 11) is 0. The number of aromatic hydroxyl groups is 5. The summed E-state index contributed by atoms with van der Waals surface area (Å²) in [6, 6.07) is 9.43. The lowest BCUT2D eigenvalue weighted by atomic mass is 9.98. The molecule has 11 atom stereocenters. The van der Waals surface area contributed by atoms with Gasteiger partial charge in [0.25, 0.3) is 0 Å². The summed E-state index contributed by atoms with van der Waals surface area (Å²) in [5.74, 6) is -6.82. The summed E-state index contributed by atoms with van der Waals surface area (Å²) in [6.07, 6.45) is -17.3. The molecule has 3 heterocycles. The molecular weight excluding hydrogens is 820 g/mol. The van der Waals surface area contributed by atoms with E-state index < -0.39 is 128 Å². The number of carbonyl (C=O) groups excluding carboxylic acids is 2. The molecule has 2 fully saturated rings. The molecule has 0 aliphatic carbocycles. The second-order valence-electron chi connectivity index (χ2n) is 13.9. The van der Waals surface area contributed by atoms with E-state index in [-0.39, 0.29) is 34.1 Å². The molecule has 0 amide bonds. The highest BCUT2D eigenvalue weighted by molar-refractivity contribution is 5.90. The van der Waals surface area contributed by atoms with Gasteiger partial charge in [0.2, 0.25) is 12.6 Å². The monoisotopic (exact) mass is 860 g/mol. The van der Waals surface area contributed by atoms with Gasteiger partial charge in [-0.15, -0.1) is 0 Å². The van der Waals surface area contributed by atoms with Crippen molar-refractivity contribution in [1.82, 2.24) is 0 Å². The van der Waals surface area contributed by atoms with E-state index in [9.17, 15) is 70.6 Å². The number of phenols is 5. The van der Waals surface area contributed by atoms with Crippen molar-refractivity contribution in [2.75, 3.05) is 13.2 Å². The first kappa shape index (κ1) is 44.2. The largest absolute Gasteiger partial charge is 0.508 e. The van der Waals surface area contributed by atoms with E-state index >= 15 is 0 Å². The summed E-state index contributed by atoms with van der Waals surface area (Å²) in [4.78, 5) is 35.2. The Labute approximate surface area is 343 Å². The van der Waals surface area contributed by atoms with Gasteiger partial charge in [0.1, 0.15) is 91.5 Å². The van der Waals surface area contributed by atoms with E-state index in [2.05, 4.69) is 0 Å². The van der Waals surface area contributed by atoms with Crippen LogP contribution in [0.25, 0.3) is 12.2 Å². The van der Waals surface area contributed by atoms with Crippen molar-refractivity contribution >= 4 is 30.1 Å². The fourth-order valence-electron chi connectivity index (χ4n) is 6.29. The van der Waals surface area contributed by atoms with Crippen LogP contribution in [0.1, 0.15) is 29.2 Å². The Bertz CT molecular complexity index is 2170. The van der Waals surface area contributed by atoms with Gasteiger partial charge >= 0.3 is 17.9 Å². The van der Waals surface area contributed by atoms with Crippen LogP contribution in [0.15, 0.2) is 60.4 Å². The van der Waals surface area contributed by atoms with Gasteiger partial charge in [0.15, 0.2) is 29.1 Å². The summed E-state index contributed by atoms with van der Waals surface area (Å²) >= 11 is 0. The number of benzene rings is 3. The summed E-state index contributed by atoms with van der Waals surface area (Å²) < 4.78 is 39.3. The quantitative estimate of drug-likeness (QED) is 0.0423. The van der Waals surface area contributed by atoms with Crippen molar-refractivity contribution in [3.05, 3.63) is 77.1 Å². The molecule has 3 aromatic rings. The molecule has 3 aliphatic rings. The number of phenolic OH excluding ortho intramolecular Hbond substituents is 5. The maximum absolute atomic E-state index is 12.5. The lowest BCUT2D eigenvalue weighted by molar-refractivity contribution is -0.294. The number of aliphatic hydroxyl groups is 6. The average Bonchev–Trinajstić information content (AvgIpc) is 3.21. The molecule has 6 rings (SSSR count). The molecule has 12 N–H and O–H groups in total. The molecule has 22 nitrogen and oxygen atoms in total. The van der Waals surface area contributed by atoms with Crippen LogP contribution in [0.5, 0.6) is 40.2 Å². The number of carboxylic acid groups (broad SMARTS) is 1. The highest BCUT2D eigenvalue weighted by atomic mass is 16.7. The zero-order valence-electron chi connectivity index (χ0n) is 31.3. The van der Waals surface area contributed by atoms with E-state index in [0.717, 1.165) is 30.3 Å². The third-order valence-electron chi connectivity index (χ3n) is 9.52. The van der Waals surface area contributed by atoms with Crippen LogP contribution in [0.3, 0.4) is 0 Å². The van der Waals surface area contributed by atoms with Crippen LogP contribution in [0, 0.1) is 0 Å². The number of hydrogen-bond acceptors (Lipinski definition) is 21. The smallest absolute Gasteiger partial charge is 0.330 e. The first-order valence-corrected chi connectivity index (χ1v) is 18.1. The van der Waals surface area contributed by atoms with E-state index in [0.29, 0.717) is 5.56 Å². The van der Waals surface area contributed by atoms with Crippen molar-refractivity contribution < 1.29 is 109 Å². The lowest BCUT2D eigenvalue weighted by Crippen LogP contribution is -2.60. The van der Waals surface area contributed by atoms with Crippen molar-refractivity contribution in [3.8, 4) is 40.2 Å².